The van der Waals surface area contributed by atoms with Gasteiger partial charge >= 0.3 is 0 Å². The molecule has 1 aromatic rings. The van der Waals surface area contributed by atoms with E-state index >= 15 is 0 Å². The van der Waals surface area contributed by atoms with Crippen LogP contribution in [0.4, 0.5) is 11.5 Å². The lowest BCUT2D eigenvalue weighted by molar-refractivity contribution is 0.736. The van der Waals surface area contributed by atoms with E-state index < -0.39 is 0 Å². The van der Waals surface area contributed by atoms with E-state index in [0.29, 0.717) is 11.9 Å². The highest BCUT2D eigenvalue weighted by atomic mass is 15.3. The molecule has 12 heavy (non-hydrogen) atoms. The van der Waals surface area contributed by atoms with Gasteiger partial charge in [-0.3, -0.25) is 5.10 Å². The number of H-pyrrole nitrogens is 1. The van der Waals surface area contributed by atoms with Crippen LogP contribution in [-0.2, 0) is 0 Å². The van der Waals surface area contributed by atoms with Crippen LogP contribution in [0.25, 0.3) is 0 Å². The molecule has 0 aromatic carbocycles. The quantitative estimate of drug-likeness (QED) is 0.654. The van der Waals surface area contributed by atoms with Gasteiger partial charge in [0.1, 0.15) is 5.82 Å². The van der Waals surface area contributed by atoms with Crippen molar-refractivity contribution in [3.63, 3.8) is 0 Å². The van der Waals surface area contributed by atoms with Gasteiger partial charge in [0.25, 0.3) is 0 Å². The lowest BCUT2D eigenvalue weighted by Crippen LogP contribution is -2.26. The Labute approximate surface area is 71.7 Å². The summed E-state index contributed by atoms with van der Waals surface area (Å²) >= 11 is 0. The van der Waals surface area contributed by atoms with Gasteiger partial charge in [-0.05, 0) is 19.8 Å². The summed E-state index contributed by atoms with van der Waals surface area (Å²) in [6.07, 6.45) is 4.31. The maximum Gasteiger partial charge on any atom is 0.142 e. The molecule has 0 radical (unpaired) electrons. The summed E-state index contributed by atoms with van der Waals surface area (Å²) in [5, 5.41) is 6.66. The number of hydrogen-bond acceptors (Lipinski definition) is 3. The largest absolute Gasteiger partial charge is 0.382 e. The third-order valence-corrected chi connectivity index (χ3v) is 2.51. The minimum Gasteiger partial charge on any atom is -0.382 e. The molecule has 0 saturated carbocycles. The molecule has 4 nitrogen and oxygen atoms in total. The minimum absolute atomic E-state index is 0.602. The van der Waals surface area contributed by atoms with Crippen LogP contribution in [0.1, 0.15) is 19.8 Å². The Kier molecular flexibility index (Phi) is 1.67. The molecule has 1 saturated heterocycles. The van der Waals surface area contributed by atoms with Crippen LogP contribution in [0.2, 0.25) is 0 Å². The number of aromatic nitrogens is 2. The molecule has 66 valence electrons. The molecule has 1 fully saturated rings. The van der Waals surface area contributed by atoms with E-state index in [2.05, 4.69) is 22.0 Å². The second-order valence-corrected chi connectivity index (χ2v) is 3.35. The number of nitrogens with two attached hydrogens (primary N) is 1. The van der Waals surface area contributed by atoms with Crippen molar-refractivity contribution >= 4 is 11.5 Å². The van der Waals surface area contributed by atoms with Crippen LogP contribution in [0, 0.1) is 0 Å². The average molecular weight is 166 g/mol. The molecule has 3 N–H and O–H groups in total. The monoisotopic (exact) mass is 166 g/mol. The molecular formula is C8H14N4. The van der Waals surface area contributed by atoms with Crippen molar-refractivity contribution in [1.82, 2.24) is 10.2 Å². The van der Waals surface area contributed by atoms with Crippen LogP contribution in [0.3, 0.4) is 0 Å². The summed E-state index contributed by atoms with van der Waals surface area (Å²) in [6, 6.07) is 0.602. The fourth-order valence-electron chi connectivity index (χ4n) is 1.81. The highest BCUT2D eigenvalue weighted by Crippen LogP contribution is 2.27. The first-order valence-corrected chi connectivity index (χ1v) is 4.34. The van der Waals surface area contributed by atoms with E-state index in [0.717, 1.165) is 12.2 Å². The van der Waals surface area contributed by atoms with E-state index in [1.165, 1.54) is 12.8 Å². The highest BCUT2D eigenvalue weighted by molar-refractivity contribution is 5.63. The molecular weight excluding hydrogens is 152 g/mol. The first kappa shape index (κ1) is 7.46. The van der Waals surface area contributed by atoms with Crippen LogP contribution in [0.5, 0.6) is 0 Å². The van der Waals surface area contributed by atoms with E-state index in [1.807, 2.05) is 0 Å². The Morgan fingerprint density at radius 3 is 3.08 bits per heavy atom. The highest BCUT2D eigenvalue weighted by Gasteiger charge is 2.22. The standard InChI is InChI=1S/C8H14N4/c1-6-3-2-4-12(6)7-5-10-11-8(7)9/h5-6H,2-4H2,1H3,(H3,9,10,11). The van der Waals surface area contributed by atoms with Crippen LogP contribution < -0.4 is 10.6 Å². The topological polar surface area (TPSA) is 57.9 Å². The maximum absolute atomic E-state index is 5.72. The maximum atomic E-state index is 5.72. The summed E-state index contributed by atoms with van der Waals surface area (Å²) in [7, 11) is 0. The van der Waals surface area contributed by atoms with Gasteiger partial charge < -0.3 is 10.6 Å². The number of rotatable bonds is 1. The fraction of sp³-hybridized carbons (Fsp3) is 0.625. The molecule has 1 atom stereocenters. The number of nitrogens with one attached hydrogen (secondary N) is 1. The summed E-state index contributed by atoms with van der Waals surface area (Å²) in [5.41, 5.74) is 6.78. The van der Waals surface area contributed by atoms with Crippen LogP contribution in [0.15, 0.2) is 6.20 Å². The van der Waals surface area contributed by atoms with Gasteiger partial charge in [0.2, 0.25) is 0 Å². The second kappa shape index (κ2) is 2.69. The molecule has 0 aliphatic carbocycles. The van der Waals surface area contributed by atoms with Crippen molar-refractivity contribution in [2.24, 2.45) is 0 Å². The number of anilines is 2. The van der Waals surface area contributed by atoms with E-state index in [1.54, 1.807) is 6.20 Å². The van der Waals surface area contributed by atoms with E-state index in [9.17, 15) is 0 Å². The molecule has 1 unspecified atom stereocenters. The van der Waals surface area contributed by atoms with E-state index in [4.69, 9.17) is 5.73 Å². The fourth-order valence-corrected chi connectivity index (χ4v) is 1.81. The molecule has 1 aliphatic heterocycles. The lowest BCUT2D eigenvalue weighted by Gasteiger charge is -2.21. The zero-order valence-corrected chi connectivity index (χ0v) is 7.25. The number of hydrogen-bond donors (Lipinski definition) is 2. The summed E-state index contributed by atoms with van der Waals surface area (Å²) in [4.78, 5) is 2.30. The van der Waals surface area contributed by atoms with Crippen molar-refractivity contribution in [3.8, 4) is 0 Å². The molecule has 2 heterocycles. The lowest BCUT2D eigenvalue weighted by atomic mass is 10.2. The number of nitrogens with zero attached hydrogens (tertiary/aromatic N) is 2. The van der Waals surface area contributed by atoms with Gasteiger partial charge in [-0.1, -0.05) is 0 Å². The zero-order chi connectivity index (χ0) is 8.55. The van der Waals surface area contributed by atoms with Crippen molar-refractivity contribution in [1.29, 1.82) is 0 Å². The van der Waals surface area contributed by atoms with Gasteiger partial charge in [0.15, 0.2) is 0 Å². The van der Waals surface area contributed by atoms with Gasteiger partial charge in [-0.25, -0.2) is 0 Å². The zero-order valence-electron chi connectivity index (χ0n) is 7.25. The van der Waals surface area contributed by atoms with Crippen molar-refractivity contribution in [3.05, 3.63) is 6.20 Å². The normalized spacial score (nSPS) is 23.4. The van der Waals surface area contributed by atoms with Crippen LogP contribution in [-0.4, -0.2) is 22.8 Å². The molecule has 1 aromatic heterocycles. The number of nitrogen functional groups attached to an aromatic ring is 1. The van der Waals surface area contributed by atoms with E-state index in [-0.39, 0.29) is 0 Å². The van der Waals surface area contributed by atoms with Crippen LogP contribution >= 0.6 is 0 Å². The first-order valence-electron chi connectivity index (χ1n) is 4.34. The summed E-state index contributed by atoms with van der Waals surface area (Å²) < 4.78 is 0. The van der Waals surface area contributed by atoms with Gasteiger partial charge in [0, 0.05) is 12.6 Å². The molecule has 4 heteroatoms. The average Bonchev–Trinajstić information content (AvgIpc) is 2.59. The van der Waals surface area contributed by atoms with Gasteiger partial charge in [-0.15, -0.1) is 0 Å². The Bertz CT molecular complexity index is 268. The Morgan fingerprint density at radius 1 is 1.75 bits per heavy atom. The van der Waals surface area contributed by atoms with Gasteiger partial charge in [-0.2, -0.15) is 5.10 Å². The Balaban J connectivity index is 2.24. The Hall–Kier alpha value is -1.19. The third-order valence-electron chi connectivity index (χ3n) is 2.51. The molecule has 1 aliphatic rings. The molecule has 2 rings (SSSR count). The van der Waals surface area contributed by atoms with Crippen molar-refractivity contribution in [2.45, 2.75) is 25.8 Å². The molecule has 0 spiro atoms. The summed E-state index contributed by atoms with van der Waals surface area (Å²) in [5.74, 6) is 0.684. The first-order chi connectivity index (χ1) is 5.79. The smallest absolute Gasteiger partial charge is 0.142 e. The summed E-state index contributed by atoms with van der Waals surface area (Å²) in [6.45, 7) is 3.32. The van der Waals surface area contributed by atoms with Gasteiger partial charge in [0.05, 0.1) is 11.9 Å². The second-order valence-electron chi connectivity index (χ2n) is 3.35. The third kappa shape index (κ3) is 1.03. The Morgan fingerprint density at radius 2 is 2.58 bits per heavy atom. The van der Waals surface area contributed by atoms with Crippen molar-refractivity contribution < 1.29 is 0 Å². The predicted octanol–water partition coefficient (Wildman–Crippen LogP) is 0.981. The number of aromatic amines is 1. The predicted molar refractivity (Wildman–Crippen MR) is 49.0 cm³/mol. The SMILES string of the molecule is CC1CCCN1c1cn[nH]c1N. The minimum atomic E-state index is 0.602. The van der Waals surface area contributed by atoms with Crippen molar-refractivity contribution in [2.75, 3.05) is 17.2 Å². The molecule has 0 bridgehead atoms. The molecule has 0 amide bonds.